The van der Waals surface area contributed by atoms with E-state index in [1.54, 1.807) is 13.8 Å². The Balaban J connectivity index is 1.22. The molecule has 234 valence electrons. The fraction of sp³-hybridized carbons (Fsp3) is 0.909. The summed E-state index contributed by atoms with van der Waals surface area (Å²) >= 11 is 0. The minimum absolute atomic E-state index is 0.123. The lowest BCUT2D eigenvalue weighted by Gasteiger charge is -2.37. The second kappa shape index (κ2) is 15.2. The summed E-state index contributed by atoms with van der Waals surface area (Å²) in [4.78, 5) is 48.4. The number of ether oxygens (including phenoxy) is 1. The van der Waals surface area contributed by atoms with Crippen LogP contribution >= 0.6 is 0 Å². The van der Waals surface area contributed by atoms with Crippen LogP contribution in [0.5, 0.6) is 0 Å². The first-order valence-electron chi connectivity index (χ1n) is 16.6. The highest BCUT2D eigenvalue weighted by Gasteiger charge is 2.43. The molecule has 0 heterocycles. The van der Waals surface area contributed by atoms with Gasteiger partial charge in [0.25, 0.3) is 0 Å². The van der Waals surface area contributed by atoms with Crippen molar-refractivity contribution in [1.82, 2.24) is 0 Å². The van der Waals surface area contributed by atoms with Gasteiger partial charge in [-0.3, -0.25) is 14.4 Å². The van der Waals surface area contributed by atoms with Crippen LogP contribution in [0.4, 0.5) is 0 Å². The largest absolute Gasteiger partial charge is 0.481 e. The highest BCUT2D eigenvalue weighted by atomic mass is 17.2. The minimum atomic E-state index is -1.41. The molecule has 4 aliphatic carbocycles. The first-order valence-corrected chi connectivity index (χ1v) is 16.6. The Hall–Kier alpha value is -1.67. The molecule has 0 aliphatic heterocycles. The molecule has 0 saturated heterocycles. The molecule has 0 amide bonds. The van der Waals surface area contributed by atoms with E-state index in [0.717, 1.165) is 38.0 Å². The van der Waals surface area contributed by atoms with Crippen molar-refractivity contribution in [3.8, 4) is 0 Å². The van der Waals surface area contributed by atoms with E-state index in [0.29, 0.717) is 37.0 Å². The molecule has 4 saturated carbocycles. The van der Waals surface area contributed by atoms with E-state index in [1.807, 2.05) is 0 Å². The summed E-state index contributed by atoms with van der Waals surface area (Å²) < 4.78 is 5.64. The highest BCUT2D eigenvalue weighted by molar-refractivity contribution is 5.81. The molecule has 0 aromatic heterocycles. The number of rotatable bonds is 12. The molecule has 0 aromatic carbocycles. The van der Waals surface area contributed by atoms with E-state index in [9.17, 15) is 24.6 Å². The van der Waals surface area contributed by atoms with Crippen LogP contribution in [0.25, 0.3) is 0 Å². The van der Waals surface area contributed by atoms with Crippen LogP contribution in [0, 0.1) is 47.3 Å². The molecular weight excluding hydrogens is 524 g/mol. The Bertz CT molecular complexity index is 859. The van der Waals surface area contributed by atoms with E-state index in [4.69, 9.17) is 14.5 Å². The second-order valence-electron chi connectivity index (χ2n) is 14.3. The number of carbonyl (C=O) groups excluding carboxylic acids is 1. The molecule has 0 spiro atoms. The number of carboxylic acids is 2. The number of aliphatic carboxylic acids is 2. The van der Waals surface area contributed by atoms with Crippen LogP contribution in [-0.4, -0.2) is 40.5 Å². The number of carboxylic acid groups (broad SMARTS) is 2. The van der Waals surface area contributed by atoms with Crippen LogP contribution < -0.4 is 0 Å². The third kappa shape index (κ3) is 9.67. The fourth-order valence-electron chi connectivity index (χ4n) is 8.45. The number of hydrogen-bond acceptors (Lipinski definition) is 6. The van der Waals surface area contributed by atoms with Gasteiger partial charge in [0.05, 0.1) is 24.4 Å². The predicted molar refractivity (Wildman–Crippen MR) is 154 cm³/mol. The Morgan fingerprint density at radius 2 is 1.15 bits per heavy atom. The molecule has 2 N–H and O–H groups in total. The van der Waals surface area contributed by atoms with Gasteiger partial charge in [-0.1, -0.05) is 70.6 Å². The molecule has 0 aromatic rings. The summed E-state index contributed by atoms with van der Waals surface area (Å²) in [6, 6.07) is 0. The molecule has 0 bridgehead atoms. The average Bonchev–Trinajstić information content (AvgIpc) is 2.94. The molecule has 6 atom stereocenters. The van der Waals surface area contributed by atoms with Gasteiger partial charge in [0, 0.05) is 13.8 Å². The third-order valence-electron chi connectivity index (χ3n) is 10.7. The van der Waals surface area contributed by atoms with Gasteiger partial charge < -0.3 is 14.9 Å². The second-order valence-corrected chi connectivity index (χ2v) is 14.3. The first kappa shape index (κ1) is 32.2. The lowest BCUT2D eigenvalue weighted by molar-refractivity contribution is -0.413. The zero-order chi connectivity index (χ0) is 29.4. The molecule has 8 heteroatoms. The van der Waals surface area contributed by atoms with Gasteiger partial charge in [0.1, 0.15) is 0 Å². The third-order valence-corrected chi connectivity index (χ3v) is 10.7. The van der Waals surface area contributed by atoms with Crippen molar-refractivity contribution in [3.05, 3.63) is 0 Å². The van der Waals surface area contributed by atoms with E-state index in [-0.39, 0.29) is 12.5 Å². The Morgan fingerprint density at radius 3 is 1.68 bits per heavy atom. The van der Waals surface area contributed by atoms with Crippen molar-refractivity contribution in [2.75, 3.05) is 6.61 Å². The van der Waals surface area contributed by atoms with Gasteiger partial charge in [0.15, 0.2) is 0 Å². The summed E-state index contributed by atoms with van der Waals surface area (Å²) in [6.45, 7) is 3.27. The van der Waals surface area contributed by atoms with Crippen LogP contribution in [0.15, 0.2) is 0 Å². The SMILES string of the molecule is CC(C)(OOCC1CCC(CC2CCCCC2)CC1C(=O)O)OC(=O)C1CCC(CC2CCCCC2)CC1C(=O)O. The lowest BCUT2D eigenvalue weighted by atomic mass is 9.70. The molecule has 8 nitrogen and oxygen atoms in total. The van der Waals surface area contributed by atoms with Gasteiger partial charge >= 0.3 is 17.9 Å². The monoisotopic (exact) mass is 578 g/mol. The normalized spacial score (nSPS) is 32.3. The van der Waals surface area contributed by atoms with Crippen molar-refractivity contribution in [2.45, 2.75) is 135 Å². The maximum absolute atomic E-state index is 13.1. The number of hydrogen-bond donors (Lipinski definition) is 2. The maximum atomic E-state index is 13.1. The van der Waals surface area contributed by atoms with Crippen molar-refractivity contribution < 1.29 is 39.1 Å². The van der Waals surface area contributed by atoms with E-state index in [2.05, 4.69) is 0 Å². The van der Waals surface area contributed by atoms with E-state index < -0.39 is 41.4 Å². The molecule has 6 unspecified atom stereocenters. The van der Waals surface area contributed by atoms with E-state index >= 15 is 0 Å². The lowest BCUT2D eigenvalue weighted by Crippen LogP contribution is -2.41. The summed E-state index contributed by atoms with van der Waals surface area (Å²) in [5.74, 6) is -3.54. The van der Waals surface area contributed by atoms with Crippen molar-refractivity contribution in [2.24, 2.45) is 47.3 Å². The standard InChI is InChI=1S/C33H54O8/c1-33(2,40-32(38)27-16-14-25(20-29(27)31(36)37)18-23-11-7-4-8-12-23)41-39-21-26-15-13-24(19-28(26)30(34)35)17-22-9-5-3-6-10-22/h22-29H,3-21H2,1-2H3,(H,34,35)(H,36,37). The summed E-state index contributed by atoms with van der Waals surface area (Å²) in [6.07, 6.45) is 19.3. The molecule has 41 heavy (non-hydrogen) atoms. The molecule has 4 fully saturated rings. The summed E-state index contributed by atoms with van der Waals surface area (Å²) in [5, 5.41) is 19.9. The topological polar surface area (TPSA) is 119 Å². The molecule has 4 rings (SSSR count). The van der Waals surface area contributed by atoms with E-state index in [1.165, 1.54) is 64.2 Å². The van der Waals surface area contributed by atoms with Gasteiger partial charge in [-0.2, -0.15) is 4.89 Å². The van der Waals surface area contributed by atoms with Crippen LogP contribution in [-0.2, 0) is 28.9 Å². The first-order chi connectivity index (χ1) is 19.6. The van der Waals surface area contributed by atoms with Crippen LogP contribution in [0.2, 0.25) is 0 Å². The fourth-order valence-corrected chi connectivity index (χ4v) is 8.45. The predicted octanol–water partition coefficient (Wildman–Crippen LogP) is 7.39. The van der Waals surface area contributed by atoms with Gasteiger partial charge in [-0.25, -0.2) is 4.89 Å². The highest BCUT2D eigenvalue weighted by Crippen LogP contribution is 2.42. The minimum Gasteiger partial charge on any atom is -0.481 e. The molecule has 0 radical (unpaired) electrons. The van der Waals surface area contributed by atoms with Crippen LogP contribution in [0.3, 0.4) is 0 Å². The van der Waals surface area contributed by atoms with Crippen molar-refractivity contribution >= 4 is 17.9 Å². The van der Waals surface area contributed by atoms with Crippen molar-refractivity contribution in [3.63, 3.8) is 0 Å². The maximum Gasteiger partial charge on any atom is 0.312 e. The van der Waals surface area contributed by atoms with Crippen LogP contribution in [0.1, 0.15) is 129 Å². The molecule has 4 aliphatic rings. The van der Waals surface area contributed by atoms with Gasteiger partial charge in [0.2, 0.25) is 5.79 Å². The zero-order valence-electron chi connectivity index (χ0n) is 25.4. The Morgan fingerprint density at radius 1 is 0.634 bits per heavy atom. The van der Waals surface area contributed by atoms with Gasteiger partial charge in [-0.05, 0) is 74.5 Å². The average molecular weight is 579 g/mol. The van der Waals surface area contributed by atoms with Gasteiger partial charge in [-0.15, -0.1) is 0 Å². The zero-order valence-corrected chi connectivity index (χ0v) is 25.4. The Kier molecular flexibility index (Phi) is 11.9. The summed E-state index contributed by atoms with van der Waals surface area (Å²) in [5.41, 5.74) is 0. The molecular formula is C33H54O8. The Labute approximate surface area is 246 Å². The number of esters is 1. The van der Waals surface area contributed by atoms with Crippen molar-refractivity contribution in [1.29, 1.82) is 0 Å². The number of carbonyl (C=O) groups is 3. The smallest absolute Gasteiger partial charge is 0.312 e. The summed E-state index contributed by atoms with van der Waals surface area (Å²) in [7, 11) is 0. The quantitative estimate of drug-likeness (QED) is 0.106.